The maximum atomic E-state index is 15.0. The van der Waals surface area contributed by atoms with Crippen molar-refractivity contribution in [2.24, 2.45) is 5.11 Å². The lowest BCUT2D eigenvalue weighted by molar-refractivity contribution is -0.0794. The third-order valence-corrected chi connectivity index (χ3v) is 6.80. The van der Waals surface area contributed by atoms with Crippen LogP contribution in [0.1, 0.15) is 12.8 Å². The van der Waals surface area contributed by atoms with Crippen LogP contribution in [0.4, 0.5) is 30.5 Å². The minimum Gasteiger partial charge on any atom is -0.479 e. The Balaban J connectivity index is 1.38. The quantitative estimate of drug-likeness (QED) is 0.342. The van der Waals surface area contributed by atoms with Gasteiger partial charge in [-0.2, -0.15) is 10.1 Å². The Morgan fingerprint density at radius 1 is 1.30 bits per heavy atom. The fourth-order valence-corrected chi connectivity index (χ4v) is 4.71. The second-order valence-corrected chi connectivity index (χ2v) is 9.16. The first-order valence-electron chi connectivity index (χ1n) is 12.2. The number of anilines is 2. The molecule has 198 valence electrons. The molecule has 2 aliphatic rings. The molecule has 13 heteroatoms. The lowest BCUT2D eigenvalue weighted by Crippen LogP contribution is -2.57. The number of methoxy groups -OCH3 is 1. The molecule has 0 amide bonds. The molecule has 2 fully saturated rings. The zero-order valence-corrected chi connectivity index (χ0v) is 20.3. The minimum absolute atomic E-state index is 0.0462. The molecule has 1 aromatic carbocycles. The Hall–Kier alpha value is -3.45. The maximum absolute atomic E-state index is 15.0. The summed E-state index contributed by atoms with van der Waals surface area (Å²) in [6.07, 6.45) is -1.45. The van der Waals surface area contributed by atoms with Crippen LogP contribution >= 0.6 is 0 Å². The van der Waals surface area contributed by atoms with Crippen molar-refractivity contribution in [3.05, 3.63) is 30.5 Å². The van der Waals surface area contributed by atoms with E-state index < -0.39 is 18.6 Å². The largest absolute Gasteiger partial charge is 0.479 e. The zero-order chi connectivity index (χ0) is 25.9. The van der Waals surface area contributed by atoms with Crippen LogP contribution in [-0.2, 0) is 4.74 Å². The molecular weight excluding hydrogens is 489 g/mol. The number of nitrogens with one attached hydrogen (secondary N) is 3. The number of fused-ring (bicyclic) bond motifs is 1. The van der Waals surface area contributed by atoms with Crippen molar-refractivity contribution in [2.75, 3.05) is 50.6 Å². The van der Waals surface area contributed by atoms with Crippen molar-refractivity contribution in [3.8, 4) is 17.0 Å². The van der Waals surface area contributed by atoms with E-state index in [1.165, 1.54) is 7.11 Å². The third kappa shape index (κ3) is 5.32. The average molecular weight is 519 g/mol. The summed E-state index contributed by atoms with van der Waals surface area (Å²) in [7, 11) is 1.50. The van der Waals surface area contributed by atoms with Gasteiger partial charge in [-0.25, -0.2) is 23.2 Å². The SMILES string of the molecule is COc1nc(N[C@@H]2CCN(C3COC3)C[C@@H]2F)nn2ccc(-c3ccc(N=N)c(NCCC(F)F)c3)c12. The highest BCUT2D eigenvalue weighted by Gasteiger charge is 2.35. The van der Waals surface area contributed by atoms with E-state index in [1.54, 1.807) is 28.9 Å². The molecule has 0 unspecified atom stereocenters. The number of benzene rings is 1. The van der Waals surface area contributed by atoms with Gasteiger partial charge in [0.1, 0.15) is 17.4 Å². The number of rotatable bonds is 10. The third-order valence-electron chi connectivity index (χ3n) is 6.80. The molecular formula is C24H29F3N8O2. The summed E-state index contributed by atoms with van der Waals surface area (Å²) in [6, 6.07) is 6.88. The van der Waals surface area contributed by atoms with Crippen LogP contribution in [0.3, 0.4) is 0 Å². The van der Waals surface area contributed by atoms with Gasteiger partial charge >= 0.3 is 0 Å². The second-order valence-electron chi connectivity index (χ2n) is 9.16. The predicted molar refractivity (Wildman–Crippen MR) is 132 cm³/mol. The van der Waals surface area contributed by atoms with Crippen LogP contribution in [0, 0.1) is 5.53 Å². The van der Waals surface area contributed by atoms with Gasteiger partial charge in [0.05, 0.1) is 38.1 Å². The number of piperidine rings is 1. The highest BCUT2D eigenvalue weighted by Crippen LogP contribution is 2.36. The first-order chi connectivity index (χ1) is 18.0. The lowest BCUT2D eigenvalue weighted by Gasteiger charge is -2.42. The van der Waals surface area contributed by atoms with Crippen molar-refractivity contribution >= 4 is 22.8 Å². The minimum atomic E-state index is -2.43. The standard InChI is InChI=1S/C24H29F3N8O2/c1-36-23-22-16(14-2-3-19(32-28)20(10-14)29-7-4-21(26)27)5-9-35(22)33-24(31-23)30-18-6-8-34(11-17(18)25)15-12-37-13-15/h2-3,5,9-10,15,17-18,21,28-29H,4,6-8,11-13H2,1H3,(H,30,33)/t17-,18+/m0/s1. The molecule has 3 aromatic rings. The molecule has 0 aliphatic carbocycles. The maximum Gasteiger partial charge on any atom is 0.244 e. The van der Waals surface area contributed by atoms with Crippen LogP contribution in [-0.4, -0.2) is 84.1 Å². The van der Waals surface area contributed by atoms with Crippen LogP contribution in [0.5, 0.6) is 5.88 Å². The van der Waals surface area contributed by atoms with E-state index in [4.69, 9.17) is 15.0 Å². The molecule has 4 heterocycles. The van der Waals surface area contributed by atoms with Crippen LogP contribution < -0.4 is 15.4 Å². The molecule has 0 saturated carbocycles. The van der Waals surface area contributed by atoms with Gasteiger partial charge < -0.3 is 20.1 Å². The Morgan fingerprint density at radius 3 is 2.81 bits per heavy atom. The Morgan fingerprint density at radius 2 is 2.14 bits per heavy atom. The van der Waals surface area contributed by atoms with E-state index in [0.717, 1.165) is 17.7 Å². The number of aromatic nitrogens is 3. The van der Waals surface area contributed by atoms with Gasteiger partial charge in [-0.3, -0.25) is 4.90 Å². The number of likely N-dealkylation sites (tertiary alicyclic amines) is 1. The van der Waals surface area contributed by atoms with E-state index in [2.05, 4.69) is 30.7 Å². The summed E-state index contributed by atoms with van der Waals surface area (Å²) < 4.78 is 52.5. The summed E-state index contributed by atoms with van der Waals surface area (Å²) in [5.74, 6) is 0.565. The molecule has 2 atom stereocenters. The normalized spacial score (nSPS) is 20.7. The fourth-order valence-electron chi connectivity index (χ4n) is 4.71. The highest BCUT2D eigenvalue weighted by molar-refractivity contribution is 5.87. The summed E-state index contributed by atoms with van der Waals surface area (Å²) in [5, 5.41) is 14.1. The monoisotopic (exact) mass is 518 g/mol. The van der Waals surface area contributed by atoms with Crippen molar-refractivity contribution in [1.82, 2.24) is 19.5 Å². The van der Waals surface area contributed by atoms with Gasteiger partial charge in [-0.05, 0) is 30.2 Å². The van der Waals surface area contributed by atoms with Gasteiger partial charge in [0.2, 0.25) is 18.3 Å². The van der Waals surface area contributed by atoms with Crippen molar-refractivity contribution < 1.29 is 22.6 Å². The number of hydrogen-bond donors (Lipinski definition) is 3. The summed E-state index contributed by atoms with van der Waals surface area (Å²) in [6.45, 7) is 2.47. The van der Waals surface area contributed by atoms with E-state index in [9.17, 15) is 13.2 Å². The lowest BCUT2D eigenvalue weighted by atomic mass is 10.0. The Labute approximate surface area is 211 Å². The van der Waals surface area contributed by atoms with Gasteiger partial charge in [0.25, 0.3) is 0 Å². The number of alkyl halides is 3. The van der Waals surface area contributed by atoms with Crippen molar-refractivity contribution in [3.63, 3.8) is 0 Å². The Bertz CT molecular complexity index is 1250. The second kappa shape index (κ2) is 10.9. The first-order valence-corrected chi connectivity index (χ1v) is 12.2. The van der Waals surface area contributed by atoms with Crippen molar-refractivity contribution in [1.29, 1.82) is 5.53 Å². The van der Waals surface area contributed by atoms with Crippen molar-refractivity contribution in [2.45, 2.75) is 37.5 Å². The van der Waals surface area contributed by atoms with Gasteiger partial charge in [0, 0.05) is 37.8 Å². The number of hydrogen-bond acceptors (Lipinski definition) is 9. The number of halogens is 3. The summed E-state index contributed by atoms with van der Waals surface area (Å²) >= 11 is 0. The van der Waals surface area contributed by atoms with Gasteiger partial charge in [0.15, 0.2) is 0 Å². The smallest absolute Gasteiger partial charge is 0.244 e. The summed E-state index contributed by atoms with van der Waals surface area (Å²) in [4.78, 5) is 6.63. The van der Waals surface area contributed by atoms with E-state index in [0.29, 0.717) is 55.0 Å². The van der Waals surface area contributed by atoms with Gasteiger partial charge in [-0.15, -0.1) is 5.10 Å². The molecule has 2 aromatic heterocycles. The molecule has 10 nitrogen and oxygen atoms in total. The van der Waals surface area contributed by atoms with Crippen LogP contribution in [0.25, 0.3) is 16.6 Å². The first kappa shape index (κ1) is 25.2. The molecule has 3 N–H and O–H groups in total. The highest BCUT2D eigenvalue weighted by atomic mass is 19.3. The topological polar surface area (TPSA) is 112 Å². The average Bonchev–Trinajstić information content (AvgIpc) is 3.28. The Kier molecular flexibility index (Phi) is 7.42. The number of ether oxygens (including phenoxy) is 2. The van der Waals surface area contributed by atoms with E-state index >= 15 is 0 Å². The molecule has 0 radical (unpaired) electrons. The molecule has 5 rings (SSSR count). The van der Waals surface area contributed by atoms with E-state index in [1.807, 2.05) is 6.07 Å². The van der Waals surface area contributed by atoms with Gasteiger partial charge in [-0.1, -0.05) is 6.07 Å². The van der Waals surface area contributed by atoms with Crippen LogP contribution in [0.2, 0.25) is 0 Å². The van der Waals surface area contributed by atoms with E-state index in [-0.39, 0.29) is 18.9 Å². The predicted octanol–water partition coefficient (Wildman–Crippen LogP) is 4.36. The molecule has 2 aliphatic heterocycles. The molecule has 0 spiro atoms. The number of nitrogens with zero attached hydrogens (tertiary/aromatic N) is 5. The van der Waals surface area contributed by atoms with Crippen LogP contribution in [0.15, 0.2) is 35.6 Å². The molecule has 0 bridgehead atoms. The molecule has 2 saturated heterocycles. The summed E-state index contributed by atoms with van der Waals surface area (Å²) in [5.41, 5.74) is 10.3. The zero-order valence-electron chi connectivity index (χ0n) is 20.3. The fraction of sp³-hybridized carbons (Fsp3) is 0.500. The molecule has 37 heavy (non-hydrogen) atoms.